The summed E-state index contributed by atoms with van der Waals surface area (Å²) in [7, 11) is 1.82. The van der Waals surface area contributed by atoms with Gasteiger partial charge in [-0.15, -0.1) is 24.0 Å². The highest BCUT2D eigenvalue weighted by atomic mass is 127. The third-order valence-corrected chi connectivity index (χ3v) is 5.45. The normalized spacial score (nSPS) is 15.7. The topological polar surface area (TPSA) is 54.9 Å². The molecular formula is C25H36IN3O2. The van der Waals surface area contributed by atoms with Gasteiger partial charge >= 0.3 is 0 Å². The van der Waals surface area contributed by atoms with E-state index in [4.69, 9.17) is 9.47 Å². The minimum Gasteiger partial charge on any atom is -0.381 e. The SMILES string of the molecule is CN=C(NCc1ccc(COC2CCOCC2)cc1)NC(C)CCc1ccccc1.I. The summed E-state index contributed by atoms with van der Waals surface area (Å²) >= 11 is 0. The highest BCUT2D eigenvalue weighted by Gasteiger charge is 2.14. The zero-order chi connectivity index (χ0) is 21.0. The number of guanidine groups is 1. The van der Waals surface area contributed by atoms with E-state index in [1.165, 1.54) is 16.7 Å². The summed E-state index contributed by atoms with van der Waals surface area (Å²) in [6.07, 6.45) is 4.45. The number of ether oxygens (including phenoxy) is 2. The first-order chi connectivity index (χ1) is 14.7. The van der Waals surface area contributed by atoms with Crippen molar-refractivity contribution in [3.63, 3.8) is 0 Å². The first-order valence-corrected chi connectivity index (χ1v) is 11.0. The van der Waals surface area contributed by atoms with Crippen molar-refractivity contribution in [1.29, 1.82) is 0 Å². The second-order valence-electron chi connectivity index (χ2n) is 7.93. The summed E-state index contributed by atoms with van der Waals surface area (Å²) in [5.41, 5.74) is 3.81. The van der Waals surface area contributed by atoms with E-state index < -0.39 is 0 Å². The molecule has 1 aliphatic rings. The number of nitrogens with one attached hydrogen (secondary N) is 2. The van der Waals surface area contributed by atoms with E-state index in [0.29, 0.717) is 18.8 Å². The summed E-state index contributed by atoms with van der Waals surface area (Å²) < 4.78 is 11.4. The molecule has 1 saturated heterocycles. The molecule has 0 amide bonds. The highest BCUT2D eigenvalue weighted by Crippen LogP contribution is 2.14. The molecule has 1 fully saturated rings. The van der Waals surface area contributed by atoms with Gasteiger partial charge < -0.3 is 20.1 Å². The molecule has 5 nitrogen and oxygen atoms in total. The van der Waals surface area contributed by atoms with Crippen LogP contribution in [0.1, 0.15) is 42.9 Å². The molecule has 170 valence electrons. The fourth-order valence-corrected chi connectivity index (χ4v) is 3.52. The van der Waals surface area contributed by atoms with Gasteiger partial charge in [0.2, 0.25) is 0 Å². The van der Waals surface area contributed by atoms with Crippen molar-refractivity contribution in [2.24, 2.45) is 4.99 Å². The minimum absolute atomic E-state index is 0. The molecule has 0 aromatic heterocycles. The van der Waals surface area contributed by atoms with Crippen LogP contribution >= 0.6 is 24.0 Å². The number of halogens is 1. The lowest BCUT2D eigenvalue weighted by Gasteiger charge is -2.22. The number of rotatable bonds is 9. The van der Waals surface area contributed by atoms with Gasteiger partial charge in [-0.1, -0.05) is 54.6 Å². The van der Waals surface area contributed by atoms with E-state index >= 15 is 0 Å². The largest absolute Gasteiger partial charge is 0.381 e. The lowest BCUT2D eigenvalue weighted by atomic mass is 10.1. The molecule has 2 aromatic carbocycles. The van der Waals surface area contributed by atoms with Gasteiger partial charge in [-0.2, -0.15) is 0 Å². The Morgan fingerprint density at radius 2 is 1.71 bits per heavy atom. The maximum absolute atomic E-state index is 6.00. The fraction of sp³-hybridized carbons (Fsp3) is 0.480. The van der Waals surface area contributed by atoms with Crippen molar-refractivity contribution in [2.75, 3.05) is 20.3 Å². The minimum atomic E-state index is 0. The Hall–Kier alpha value is -1.64. The zero-order valence-electron chi connectivity index (χ0n) is 18.7. The molecule has 6 heteroatoms. The molecule has 2 N–H and O–H groups in total. The molecule has 1 aliphatic heterocycles. The third kappa shape index (κ3) is 9.58. The van der Waals surface area contributed by atoms with Gasteiger partial charge in [0.05, 0.1) is 12.7 Å². The van der Waals surface area contributed by atoms with Crippen LogP contribution in [0.5, 0.6) is 0 Å². The Balaban J connectivity index is 0.00000341. The molecule has 31 heavy (non-hydrogen) atoms. The van der Waals surface area contributed by atoms with E-state index in [2.05, 4.69) is 77.1 Å². The summed E-state index contributed by atoms with van der Waals surface area (Å²) in [6.45, 7) is 5.24. The van der Waals surface area contributed by atoms with E-state index in [9.17, 15) is 0 Å². The maximum Gasteiger partial charge on any atom is 0.191 e. The Labute approximate surface area is 204 Å². The van der Waals surface area contributed by atoms with Gasteiger partial charge in [-0.25, -0.2) is 0 Å². The predicted octanol–water partition coefficient (Wildman–Crippen LogP) is 4.69. The molecule has 1 atom stereocenters. The molecule has 3 rings (SSSR count). The molecule has 0 aliphatic carbocycles. The number of benzene rings is 2. The van der Waals surface area contributed by atoms with Crippen LogP contribution in [-0.2, 0) is 29.0 Å². The monoisotopic (exact) mass is 537 g/mol. The smallest absolute Gasteiger partial charge is 0.191 e. The lowest BCUT2D eigenvalue weighted by molar-refractivity contribution is -0.0390. The van der Waals surface area contributed by atoms with Gasteiger partial charge in [0.25, 0.3) is 0 Å². The lowest BCUT2D eigenvalue weighted by Crippen LogP contribution is -2.42. The first kappa shape index (κ1) is 25.6. The number of aliphatic imine (C=N–C) groups is 1. The Morgan fingerprint density at radius 3 is 2.39 bits per heavy atom. The second kappa shape index (κ2) is 14.4. The summed E-state index contributed by atoms with van der Waals surface area (Å²) in [5.74, 6) is 0.836. The summed E-state index contributed by atoms with van der Waals surface area (Å²) in [5, 5.41) is 6.90. The quantitative estimate of drug-likeness (QED) is 0.277. The first-order valence-electron chi connectivity index (χ1n) is 11.0. The van der Waals surface area contributed by atoms with Crippen LogP contribution in [0, 0.1) is 0 Å². The van der Waals surface area contributed by atoms with E-state index in [1.54, 1.807) is 0 Å². The molecule has 1 unspecified atom stereocenters. The third-order valence-electron chi connectivity index (χ3n) is 5.45. The molecule has 0 radical (unpaired) electrons. The van der Waals surface area contributed by atoms with Crippen LogP contribution in [0.25, 0.3) is 0 Å². The molecular weight excluding hydrogens is 501 g/mol. The molecule has 0 spiro atoms. The van der Waals surface area contributed by atoms with Crippen molar-refractivity contribution in [1.82, 2.24) is 10.6 Å². The van der Waals surface area contributed by atoms with Crippen molar-refractivity contribution < 1.29 is 9.47 Å². The molecule has 0 saturated carbocycles. The van der Waals surface area contributed by atoms with E-state index in [1.807, 2.05) is 7.05 Å². The van der Waals surface area contributed by atoms with Gasteiger partial charge in [-0.05, 0) is 49.3 Å². The average Bonchev–Trinajstić information content (AvgIpc) is 2.81. The maximum atomic E-state index is 6.00. The van der Waals surface area contributed by atoms with Crippen molar-refractivity contribution >= 4 is 29.9 Å². The predicted molar refractivity (Wildman–Crippen MR) is 138 cm³/mol. The highest BCUT2D eigenvalue weighted by molar-refractivity contribution is 14.0. The van der Waals surface area contributed by atoms with E-state index in [-0.39, 0.29) is 24.0 Å². The number of hydrogen-bond donors (Lipinski definition) is 2. The fourth-order valence-electron chi connectivity index (χ4n) is 3.52. The number of hydrogen-bond acceptors (Lipinski definition) is 3. The Morgan fingerprint density at radius 1 is 1.03 bits per heavy atom. The van der Waals surface area contributed by atoms with Gasteiger partial charge in [0.1, 0.15) is 0 Å². The number of nitrogens with zero attached hydrogens (tertiary/aromatic N) is 1. The molecule has 0 bridgehead atoms. The molecule has 1 heterocycles. The van der Waals surface area contributed by atoms with Gasteiger partial charge in [-0.3, -0.25) is 4.99 Å². The average molecular weight is 537 g/mol. The van der Waals surface area contributed by atoms with Gasteiger partial charge in [0, 0.05) is 32.8 Å². The van der Waals surface area contributed by atoms with Crippen LogP contribution < -0.4 is 10.6 Å². The Bertz CT molecular complexity index is 762. The Kier molecular flexibility index (Phi) is 11.9. The van der Waals surface area contributed by atoms with Gasteiger partial charge in [0.15, 0.2) is 5.96 Å². The standard InChI is InChI=1S/C25H35N3O2.HI/c1-20(8-9-21-6-4-3-5-7-21)28-25(26-2)27-18-22-10-12-23(13-11-22)19-30-24-14-16-29-17-15-24;/h3-7,10-13,20,24H,8-9,14-19H2,1-2H3,(H2,26,27,28);1H. The van der Waals surface area contributed by atoms with Crippen molar-refractivity contribution in [3.8, 4) is 0 Å². The summed E-state index contributed by atoms with van der Waals surface area (Å²) in [4.78, 5) is 4.36. The second-order valence-corrected chi connectivity index (χ2v) is 7.93. The van der Waals surface area contributed by atoms with Crippen LogP contribution in [0.3, 0.4) is 0 Å². The van der Waals surface area contributed by atoms with E-state index in [0.717, 1.165) is 51.4 Å². The number of aryl methyl sites for hydroxylation is 1. The summed E-state index contributed by atoms with van der Waals surface area (Å²) in [6, 6.07) is 19.6. The van der Waals surface area contributed by atoms with Crippen molar-refractivity contribution in [2.45, 2.75) is 57.9 Å². The van der Waals surface area contributed by atoms with Crippen LogP contribution in [0.4, 0.5) is 0 Å². The molecule has 2 aromatic rings. The zero-order valence-corrected chi connectivity index (χ0v) is 21.0. The van der Waals surface area contributed by atoms with Crippen LogP contribution in [0.2, 0.25) is 0 Å². The van der Waals surface area contributed by atoms with Crippen molar-refractivity contribution in [3.05, 3.63) is 71.3 Å². The van der Waals surface area contributed by atoms with Crippen LogP contribution in [-0.4, -0.2) is 38.4 Å². The van der Waals surface area contributed by atoms with Crippen LogP contribution in [0.15, 0.2) is 59.6 Å².